The molecule has 0 spiro atoms. The Morgan fingerprint density at radius 2 is 1.94 bits per heavy atom. The van der Waals surface area contributed by atoms with Crippen LogP contribution in [0.1, 0.15) is 45.2 Å². The van der Waals surface area contributed by atoms with Crippen LogP contribution in [0.5, 0.6) is 0 Å². The Hall–Kier alpha value is -1.06. The standard InChI is InChI=1S/C14H21ClN2O/c1-4-12(10-5-7-11(15)8-6-10)17-13(18)9-14(2,3)16/h5-8,12H,4,9,16H2,1-3H3,(H,17,18). The molecule has 1 amide bonds. The van der Waals surface area contributed by atoms with Gasteiger partial charge in [-0.25, -0.2) is 0 Å². The average Bonchev–Trinajstić information content (AvgIpc) is 2.25. The Morgan fingerprint density at radius 3 is 2.39 bits per heavy atom. The maximum absolute atomic E-state index is 11.9. The van der Waals surface area contributed by atoms with E-state index in [9.17, 15) is 4.79 Å². The molecule has 0 aliphatic rings. The summed E-state index contributed by atoms with van der Waals surface area (Å²) in [6, 6.07) is 7.54. The highest BCUT2D eigenvalue weighted by Gasteiger charge is 2.19. The number of carbonyl (C=O) groups is 1. The van der Waals surface area contributed by atoms with Crippen LogP contribution in [0.2, 0.25) is 5.02 Å². The van der Waals surface area contributed by atoms with Crippen molar-refractivity contribution < 1.29 is 4.79 Å². The highest BCUT2D eigenvalue weighted by Crippen LogP contribution is 2.19. The molecule has 4 heteroatoms. The van der Waals surface area contributed by atoms with E-state index in [0.29, 0.717) is 11.4 Å². The van der Waals surface area contributed by atoms with Crippen LogP contribution in [0, 0.1) is 0 Å². The van der Waals surface area contributed by atoms with E-state index in [4.69, 9.17) is 17.3 Å². The second-order valence-electron chi connectivity index (χ2n) is 5.25. The number of nitrogens with two attached hydrogens (primary N) is 1. The van der Waals surface area contributed by atoms with E-state index >= 15 is 0 Å². The fourth-order valence-corrected chi connectivity index (χ4v) is 1.90. The van der Waals surface area contributed by atoms with Crippen molar-refractivity contribution in [3.63, 3.8) is 0 Å². The zero-order valence-corrected chi connectivity index (χ0v) is 11.9. The summed E-state index contributed by atoms with van der Waals surface area (Å²) in [4.78, 5) is 11.9. The minimum atomic E-state index is -0.484. The van der Waals surface area contributed by atoms with Crippen LogP contribution in [0.25, 0.3) is 0 Å². The van der Waals surface area contributed by atoms with Gasteiger partial charge in [0.05, 0.1) is 6.04 Å². The molecule has 1 unspecified atom stereocenters. The smallest absolute Gasteiger partial charge is 0.222 e. The maximum Gasteiger partial charge on any atom is 0.222 e. The summed E-state index contributed by atoms with van der Waals surface area (Å²) < 4.78 is 0. The molecule has 0 aromatic heterocycles. The van der Waals surface area contributed by atoms with Crippen molar-refractivity contribution in [1.82, 2.24) is 5.32 Å². The normalized spacial score (nSPS) is 13.2. The lowest BCUT2D eigenvalue weighted by Crippen LogP contribution is -2.40. The van der Waals surface area contributed by atoms with Crippen molar-refractivity contribution in [3.8, 4) is 0 Å². The van der Waals surface area contributed by atoms with Crippen molar-refractivity contribution in [2.75, 3.05) is 0 Å². The largest absolute Gasteiger partial charge is 0.349 e. The van der Waals surface area contributed by atoms with Crippen molar-refractivity contribution in [2.24, 2.45) is 5.73 Å². The fourth-order valence-electron chi connectivity index (χ4n) is 1.78. The third kappa shape index (κ3) is 5.07. The number of rotatable bonds is 5. The van der Waals surface area contributed by atoms with Crippen molar-refractivity contribution >= 4 is 17.5 Å². The quantitative estimate of drug-likeness (QED) is 0.862. The second kappa shape index (κ2) is 6.21. The van der Waals surface area contributed by atoms with Crippen LogP contribution in [0.3, 0.4) is 0 Å². The third-order valence-corrected chi connectivity index (χ3v) is 2.88. The molecule has 0 radical (unpaired) electrons. The molecule has 0 heterocycles. The van der Waals surface area contributed by atoms with Gasteiger partial charge >= 0.3 is 0 Å². The van der Waals surface area contributed by atoms with Gasteiger partial charge in [0.2, 0.25) is 5.91 Å². The van der Waals surface area contributed by atoms with Crippen molar-refractivity contribution in [3.05, 3.63) is 34.9 Å². The topological polar surface area (TPSA) is 55.1 Å². The number of hydrogen-bond acceptors (Lipinski definition) is 2. The first-order chi connectivity index (χ1) is 8.31. The van der Waals surface area contributed by atoms with Gasteiger partial charge < -0.3 is 11.1 Å². The fraction of sp³-hybridized carbons (Fsp3) is 0.500. The lowest BCUT2D eigenvalue weighted by molar-refractivity contribution is -0.122. The lowest BCUT2D eigenvalue weighted by atomic mass is 10.00. The Kier molecular flexibility index (Phi) is 5.17. The Balaban J connectivity index is 2.68. The Bertz CT molecular complexity index is 395. The number of hydrogen-bond donors (Lipinski definition) is 2. The van der Waals surface area contributed by atoms with Crippen LogP contribution in [0.15, 0.2) is 24.3 Å². The Morgan fingerprint density at radius 1 is 1.39 bits per heavy atom. The summed E-state index contributed by atoms with van der Waals surface area (Å²) in [6.45, 7) is 5.72. The number of carbonyl (C=O) groups excluding carboxylic acids is 1. The third-order valence-electron chi connectivity index (χ3n) is 2.63. The monoisotopic (exact) mass is 268 g/mol. The summed E-state index contributed by atoms with van der Waals surface area (Å²) in [5.74, 6) is -0.0238. The molecule has 1 atom stereocenters. The first kappa shape index (κ1) is 15.0. The first-order valence-corrected chi connectivity index (χ1v) is 6.53. The molecule has 1 aromatic rings. The van der Waals surface area contributed by atoms with E-state index < -0.39 is 5.54 Å². The highest BCUT2D eigenvalue weighted by molar-refractivity contribution is 6.30. The molecule has 0 saturated heterocycles. The molecule has 0 fully saturated rings. The van der Waals surface area contributed by atoms with Gasteiger partial charge in [-0.1, -0.05) is 30.7 Å². The predicted molar refractivity (Wildman–Crippen MR) is 75.5 cm³/mol. The number of nitrogens with one attached hydrogen (secondary N) is 1. The van der Waals surface area contributed by atoms with Gasteiger partial charge in [0.15, 0.2) is 0 Å². The molecule has 18 heavy (non-hydrogen) atoms. The van der Waals surface area contributed by atoms with Gasteiger partial charge in [0.1, 0.15) is 0 Å². The summed E-state index contributed by atoms with van der Waals surface area (Å²) in [6.07, 6.45) is 1.15. The molecule has 0 aliphatic heterocycles. The van der Waals surface area contributed by atoms with E-state index in [-0.39, 0.29) is 11.9 Å². The molecule has 1 rings (SSSR count). The molecule has 100 valence electrons. The van der Waals surface area contributed by atoms with E-state index in [1.807, 2.05) is 45.0 Å². The number of benzene rings is 1. The summed E-state index contributed by atoms with van der Waals surface area (Å²) in [5.41, 5.74) is 6.41. The summed E-state index contributed by atoms with van der Waals surface area (Å²) >= 11 is 5.85. The molecule has 3 nitrogen and oxygen atoms in total. The minimum absolute atomic E-state index is 0.0112. The van der Waals surface area contributed by atoms with Crippen LogP contribution in [0.4, 0.5) is 0 Å². The first-order valence-electron chi connectivity index (χ1n) is 6.15. The minimum Gasteiger partial charge on any atom is -0.349 e. The van der Waals surface area contributed by atoms with Gasteiger partial charge in [0.25, 0.3) is 0 Å². The van der Waals surface area contributed by atoms with E-state index in [0.717, 1.165) is 12.0 Å². The van der Waals surface area contributed by atoms with Gasteiger partial charge in [-0.05, 0) is 38.0 Å². The van der Waals surface area contributed by atoms with E-state index in [1.54, 1.807) is 0 Å². The molecule has 0 bridgehead atoms. The van der Waals surface area contributed by atoms with Crippen LogP contribution in [-0.2, 0) is 4.79 Å². The average molecular weight is 269 g/mol. The molecule has 0 aliphatic carbocycles. The van der Waals surface area contributed by atoms with E-state index in [2.05, 4.69) is 5.32 Å². The van der Waals surface area contributed by atoms with Gasteiger partial charge in [-0.2, -0.15) is 0 Å². The van der Waals surface area contributed by atoms with Crippen LogP contribution < -0.4 is 11.1 Å². The van der Waals surface area contributed by atoms with E-state index in [1.165, 1.54) is 0 Å². The van der Waals surface area contributed by atoms with Crippen molar-refractivity contribution in [2.45, 2.75) is 45.2 Å². The number of halogens is 1. The zero-order valence-electron chi connectivity index (χ0n) is 11.2. The Labute approximate surface area is 114 Å². The number of amides is 1. The van der Waals surface area contributed by atoms with Gasteiger partial charge in [-0.15, -0.1) is 0 Å². The van der Waals surface area contributed by atoms with Crippen LogP contribution in [-0.4, -0.2) is 11.4 Å². The molecular weight excluding hydrogens is 248 g/mol. The summed E-state index contributed by atoms with van der Waals surface area (Å²) in [7, 11) is 0. The zero-order chi connectivity index (χ0) is 13.8. The summed E-state index contributed by atoms with van der Waals surface area (Å²) in [5, 5.41) is 3.69. The highest BCUT2D eigenvalue weighted by atomic mass is 35.5. The SMILES string of the molecule is CCC(NC(=O)CC(C)(C)N)c1ccc(Cl)cc1. The lowest BCUT2D eigenvalue weighted by Gasteiger charge is -2.22. The predicted octanol–water partition coefficient (Wildman–Crippen LogP) is 3.03. The molecule has 3 N–H and O–H groups in total. The van der Waals surface area contributed by atoms with Crippen molar-refractivity contribution in [1.29, 1.82) is 0 Å². The van der Waals surface area contributed by atoms with Gasteiger partial charge in [0, 0.05) is 17.0 Å². The molecule has 1 aromatic carbocycles. The maximum atomic E-state index is 11.9. The molecule has 0 saturated carbocycles. The van der Waals surface area contributed by atoms with Gasteiger partial charge in [-0.3, -0.25) is 4.79 Å². The molecular formula is C14H21ClN2O. The van der Waals surface area contributed by atoms with Crippen LogP contribution >= 0.6 is 11.6 Å². The second-order valence-corrected chi connectivity index (χ2v) is 5.68.